The summed E-state index contributed by atoms with van der Waals surface area (Å²) in [6, 6.07) is 12.0. The molecule has 3 heterocycles. The molecule has 2 aliphatic rings. The molecular formula is C19H21N3O. The number of rotatable bonds is 2. The summed E-state index contributed by atoms with van der Waals surface area (Å²) in [5.41, 5.74) is 2.95. The van der Waals surface area contributed by atoms with Crippen LogP contribution in [0.4, 0.5) is 11.5 Å². The van der Waals surface area contributed by atoms with E-state index in [0.717, 1.165) is 43.5 Å². The van der Waals surface area contributed by atoms with Crippen LogP contribution in [0.5, 0.6) is 0 Å². The molecule has 2 aromatic rings. The van der Waals surface area contributed by atoms with E-state index in [1.165, 1.54) is 12.0 Å². The third-order valence-electron chi connectivity index (χ3n) is 4.88. The molecule has 4 nitrogen and oxygen atoms in total. The zero-order chi connectivity index (χ0) is 15.8. The molecule has 2 aliphatic heterocycles. The number of fused-ring (bicyclic) bond motifs is 1. The first-order chi connectivity index (χ1) is 11.2. The van der Waals surface area contributed by atoms with Gasteiger partial charge in [-0.3, -0.25) is 4.79 Å². The summed E-state index contributed by atoms with van der Waals surface area (Å²) in [6.07, 6.45) is 3.87. The highest BCUT2D eigenvalue weighted by Gasteiger charge is 2.26. The van der Waals surface area contributed by atoms with Gasteiger partial charge in [-0.05, 0) is 42.5 Å². The van der Waals surface area contributed by atoms with E-state index in [0.29, 0.717) is 5.56 Å². The minimum atomic E-state index is 0.0452. The molecular weight excluding hydrogens is 286 g/mol. The molecule has 0 aliphatic carbocycles. The number of nitrogens with zero attached hydrogens (tertiary/aromatic N) is 3. The maximum absolute atomic E-state index is 12.8. The van der Waals surface area contributed by atoms with E-state index in [4.69, 9.17) is 0 Å². The van der Waals surface area contributed by atoms with Gasteiger partial charge < -0.3 is 9.80 Å². The van der Waals surface area contributed by atoms with Crippen molar-refractivity contribution >= 4 is 17.4 Å². The van der Waals surface area contributed by atoms with Crippen molar-refractivity contribution in [3.8, 4) is 0 Å². The first kappa shape index (κ1) is 14.2. The maximum Gasteiger partial charge on any atom is 0.259 e. The first-order valence-corrected chi connectivity index (χ1v) is 8.33. The third kappa shape index (κ3) is 2.58. The molecule has 118 valence electrons. The summed E-state index contributed by atoms with van der Waals surface area (Å²) in [7, 11) is 0. The first-order valence-electron chi connectivity index (χ1n) is 8.33. The Morgan fingerprint density at radius 1 is 1.17 bits per heavy atom. The van der Waals surface area contributed by atoms with Gasteiger partial charge in [0.1, 0.15) is 5.82 Å². The number of aromatic nitrogens is 1. The predicted molar refractivity (Wildman–Crippen MR) is 92.1 cm³/mol. The van der Waals surface area contributed by atoms with Crippen molar-refractivity contribution in [3.63, 3.8) is 0 Å². The largest absolute Gasteiger partial charge is 0.356 e. The van der Waals surface area contributed by atoms with Crippen molar-refractivity contribution in [1.29, 1.82) is 0 Å². The molecule has 1 saturated heterocycles. The lowest BCUT2D eigenvalue weighted by molar-refractivity contribution is 0.0989. The Morgan fingerprint density at radius 2 is 2.04 bits per heavy atom. The molecule has 0 bridgehead atoms. The van der Waals surface area contributed by atoms with Crippen LogP contribution in [0.3, 0.4) is 0 Å². The Labute approximate surface area is 136 Å². The van der Waals surface area contributed by atoms with Crippen LogP contribution in [-0.2, 0) is 6.42 Å². The zero-order valence-corrected chi connectivity index (χ0v) is 13.4. The van der Waals surface area contributed by atoms with Crippen LogP contribution >= 0.6 is 0 Å². The fourth-order valence-electron chi connectivity index (χ4n) is 3.55. The Morgan fingerprint density at radius 3 is 2.78 bits per heavy atom. The SMILES string of the molecule is CC1CCN(c2ccc(C(=O)N3CCc4ccccc43)cn2)C1. The highest BCUT2D eigenvalue weighted by atomic mass is 16.2. The normalized spacial score (nSPS) is 20.0. The van der Waals surface area contributed by atoms with Crippen LogP contribution in [0.25, 0.3) is 0 Å². The molecule has 0 radical (unpaired) electrons. The summed E-state index contributed by atoms with van der Waals surface area (Å²) >= 11 is 0. The molecule has 23 heavy (non-hydrogen) atoms. The van der Waals surface area contributed by atoms with Crippen molar-refractivity contribution < 1.29 is 4.79 Å². The van der Waals surface area contributed by atoms with Crippen molar-refractivity contribution in [3.05, 3.63) is 53.7 Å². The van der Waals surface area contributed by atoms with E-state index in [-0.39, 0.29) is 5.91 Å². The summed E-state index contributed by atoms with van der Waals surface area (Å²) in [5.74, 6) is 1.75. The standard InChI is InChI=1S/C19H21N3O/c1-14-8-10-21(13-14)18-7-6-16(12-20-18)19(23)22-11-9-15-4-2-3-5-17(15)22/h2-7,12,14H,8-11,13H2,1H3. The number of carbonyl (C=O) groups excluding carboxylic acids is 1. The quantitative estimate of drug-likeness (QED) is 0.855. The highest BCUT2D eigenvalue weighted by molar-refractivity contribution is 6.07. The molecule has 1 fully saturated rings. The smallest absolute Gasteiger partial charge is 0.259 e. The van der Waals surface area contributed by atoms with Crippen LogP contribution in [0.2, 0.25) is 0 Å². The Kier molecular flexibility index (Phi) is 3.52. The van der Waals surface area contributed by atoms with Gasteiger partial charge in [-0.1, -0.05) is 25.1 Å². The monoisotopic (exact) mass is 307 g/mol. The summed E-state index contributed by atoms with van der Waals surface area (Å²) in [5, 5.41) is 0. The zero-order valence-electron chi connectivity index (χ0n) is 13.4. The number of para-hydroxylation sites is 1. The number of pyridine rings is 1. The fourth-order valence-corrected chi connectivity index (χ4v) is 3.55. The fraction of sp³-hybridized carbons (Fsp3) is 0.368. The number of amides is 1. The third-order valence-corrected chi connectivity index (χ3v) is 4.88. The maximum atomic E-state index is 12.8. The van der Waals surface area contributed by atoms with Crippen LogP contribution < -0.4 is 9.80 Å². The lowest BCUT2D eigenvalue weighted by atomic mass is 10.2. The highest BCUT2D eigenvalue weighted by Crippen LogP contribution is 2.29. The number of hydrogen-bond donors (Lipinski definition) is 0. The van der Waals surface area contributed by atoms with Crippen LogP contribution in [-0.4, -0.2) is 30.5 Å². The number of hydrogen-bond acceptors (Lipinski definition) is 3. The summed E-state index contributed by atoms with van der Waals surface area (Å²) in [4.78, 5) is 21.4. The summed E-state index contributed by atoms with van der Waals surface area (Å²) < 4.78 is 0. The predicted octanol–water partition coefficient (Wildman–Crippen LogP) is 3.13. The van der Waals surface area contributed by atoms with E-state index >= 15 is 0 Å². The number of carbonyl (C=O) groups is 1. The lowest BCUT2D eigenvalue weighted by Gasteiger charge is -2.19. The van der Waals surface area contributed by atoms with Crippen LogP contribution in [0.15, 0.2) is 42.6 Å². The van der Waals surface area contributed by atoms with E-state index in [1.54, 1.807) is 6.20 Å². The van der Waals surface area contributed by atoms with Crippen molar-refractivity contribution in [2.24, 2.45) is 5.92 Å². The van der Waals surface area contributed by atoms with Crippen molar-refractivity contribution in [1.82, 2.24) is 4.98 Å². The second kappa shape index (κ2) is 5.69. The Hall–Kier alpha value is -2.36. The van der Waals surface area contributed by atoms with E-state index < -0.39 is 0 Å². The minimum absolute atomic E-state index is 0.0452. The number of benzene rings is 1. The van der Waals surface area contributed by atoms with Gasteiger partial charge in [0.2, 0.25) is 0 Å². The van der Waals surface area contributed by atoms with Crippen molar-refractivity contribution in [2.45, 2.75) is 19.8 Å². The van der Waals surface area contributed by atoms with E-state index in [2.05, 4.69) is 22.9 Å². The molecule has 1 amide bonds. The van der Waals surface area contributed by atoms with Gasteiger partial charge in [0.25, 0.3) is 5.91 Å². The summed E-state index contributed by atoms with van der Waals surface area (Å²) in [6.45, 7) is 5.13. The number of anilines is 2. The molecule has 1 aromatic carbocycles. The van der Waals surface area contributed by atoms with Gasteiger partial charge >= 0.3 is 0 Å². The van der Waals surface area contributed by atoms with Gasteiger partial charge in [-0.2, -0.15) is 0 Å². The van der Waals surface area contributed by atoms with E-state index in [1.807, 2.05) is 35.2 Å². The molecule has 1 atom stereocenters. The second-order valence-corrected chi connectivity index (χ2v) is 6.58. The molecule has 0 spiro atoms. The van der Waals surface area contributed by atoms with E-state index in [9.17, 15) is 4.79 Å². The van der Waals surface area contributed by atoms with Crippen LogP contribution in [0.1, 0.15) is 29.3 Å². The molecule has 1 aromatic heterocycles. The van der Waals surface area contributed by atoms with Gasteiger partial charge in [-0.25, -0.2) is 4.98 Å². The van der Waals surface area contributed by atoms with Gasteiger partial charge in [-0.15, -0.1) is 0 Å². The van der Waals surface area contributed by atoms with Gasteiger partial charge in [0.15, 0.2) is 0 Å². The topological polar surface area (TPSA) is 36.4 Å². The van der Waals surface area contributed by atoms with Gasteiger partial charge in [0.05, 0.1) is 5.56 Å². The van der Waals surface area contributed by atoms with Crippen LogP contribution in [0, 0.1) is 5.92 Å². The average molecular weight is 307 g/mol. The van der Waals surface area contributed by atoms with Crippen molar-refractivity contribution in [2.75, 3.05) is 29.4 Å². The molecule has 0 saturated carbocycles. The second-order valence-electron chi connectivity index (χ2n) is 6.58. The molecule has 4 heteroatoms. The Bertz CT molecular complexity index is 726. The average Bonchev–Trinajstić information content (AvgIpc) is 3.21. The molecule has 1 unspecified atom stereocenters. The minimum Gasteiger partial charge on any atom is -0.356 e. The lowest BCUT2D eigenvalue weighted by Crippen LogP contribution is -2.29. The van der Waals surface area contributed by atoms with Gasteiger partial charge in [0, 0.05) is 31.5 Å². The Balaban J connectivity index is 1.53. The molecule has 0 N–H and O–H groups in total. The molecule has 4 rings (SSSR count).